The van der Waals surface area contributed by atoms with Crippen LogP contribution in [0.2, 0.25) is 10.0 Å². The number of unbranched alkanes of at least 4 members (excludes halogenated alkanes) is 1. The van der Waals surface area contributed by atoms with Crippen molar-refractivity contribution in [2.75, 3.05) is 20.1 Å². The Morgan fingerprint density at radius 3 is 2.37 bits per heavy atom. The fourth-order valence-electron chi connectivity index (χ4n) is 1.78. The van der Waals surface area contributed by atoms with E-state index in [-0.39, 0.29) is 0 Å². The summed E-state index contributed by atoms with van der Waals surface area (Å²) in [6, 6.07) is 6.25. The van der Waals surface area contributed by atoms with Gasteiger partial charge in [-0.25, -0.2) is 0 Å². The van der Waals surface area contributed by atoms with Gasteiger partial charge in [-0.15, -0.1) is 0 Å². The quantitative estimate of drug-likeness (QED) is 0.724. The van der Waals surface area contributed by atoms with Crippen molar-refractivity contribution in [1.82, 2.24) is 10.2 Å². The van der Waals surface area contributed by atoms with E-state index in [0.717, 1.165) is 35.2 Å². The Labute approximate surface area is 127 Å². The van der Waals surface area contributed by atoms with E-state index in [4.69, 9.17) is 23.2 Å². The minimum absolute atomic E-state index is 0.620. The third kappa shape index (κ3) is 6.13. The first kappa shape index (κ1) is 16.8. The third-order valence-electron chi connectivity index (χ3n) is 3.36. The smallest absolute Gasteiger partial charge is 0.0465 e. The molecule has 1 aromatic carbocycles. The molecular formula is C15H24Cl2N2. The predicted octanol–water partition coefficient (Wildman–Crippen LogP) is 4.20. The molecule has 0 bridgehead atoms. The van der Waals surface area contributed by atoms with Crippen LogP contribution in [0.4, 0.5) is 0 Å². The highest BCUT2D eigenvalue weighted by Crippen LogP contribution is 2.23. The lowest BCUT2D eigenvalue weighted by atomic mass is 10.2. The number of nitrogens with one attached hydrogen (secondary N) is 1. The summed E-state index contributed by atoms with van der Waals surface area (Å²) in [5, 5.41) is 4.87. The molecule has 4 heteroatoms. The van der Waals surface area contributed by atoms with E-state index in [1.54, 1.807) is 0 Å². The maximum absolute atomic E-state index is 6.11. The number of rotatable bonds is 8. The number of nitrogens with zero attached hydrogens (tertiary/aromatic N) is 1. The fraction of sp³-hybridized carbons (Fsp3) is 0.600. The SMILES string of the molecule is CC(C)N(C)CCCCNCc1c(Cl)cccc1Cl. The Hall–Kier alpha value is -0.280. The van der Waals surface area contributed by atoms with Crippen LogP contribution in [0.3, 0.4) is 0 Å². The van der Waals surface area contributed by atoms with Crippen molar-refractivity contribution in [2.45, 2.75) is 39.3 Å². The van der Waals surface area contributed by atoms with Gasteiger partial charge in [0, 0.05) is 28.2 Å². The molecule has 108 valence electrons. The van der Waals surface area contributed by atoms with E-state index in [1.807, 2.05) is 18.2 Å². The van der Waals surface area contributed by atoms with Gasteiger partial charge in [0.1, 0.15) is 0 Å². The van der Waals surface area contributed by atoms with E-state index in [0.29, 0.717) is 6.04 Å². The second kappa shape index (κ2) is 8.80. The molecule has 0 fully saturated rings. The molecule has 0 atom stereocenters. The molecule has 1 rings (SSSR count). The molecule has 0 amide bonds. The van der Waals surface area contributed by atoms with E-state index in [2.05, 4.69) is 31.1 Å². The van der Waals surface area contributed by atoms with Gasteiger partial charge in [0.25, 0.3) is 0 Å². The standard InChI is InChI=1S/C15H24Cl2N2/c1-12(2)19(3)10-5-4-9-18-11-13-14(16)7-6-8-15(13)17/h6-8,12,18H,4-5,9-11H2,1-3H3. The Bertz CT molecular complexity index is 360. The van der Waals surface area contributed by atoms with Gasteiger partial charge in [0.2, 0.25) is 0 Å². The van der Waals surface area contributed by atoms with Crippen molar-refractivity contribution in [1.29, 1.82) is 0 Å². The highest BCUT2D eigenvalue weighted by molar-refractivity contribution is 6.35. The van der Waals surface area contributed by atoms with Crippen LogP contribution in [0.1, 0.15) is 32.3 Å². The zero-order chi connectivity index (χ0) is 14.3. The van der Waals surface area contributed by atoms with Crippen LogP contribution in [0.25, 0.3) is 0 Å². The zero-order valence-corrected chi connectivity index (χ0v) is 13.6. The first-order valence-corrected chi connectivity index (χ1v) is 7.61. The lowest BCUT2D eigenvalue weighted by Crippen LogP contribution is -2.27. The largest absolute Gasteiger partial charge is 0.313 e. The third-order valence-corrected chi connectivity index (χ3v) is 4.07. The molecule has 0 spiro atoms. The van der Waals surface area contributed by atoms with Crippen LogP contribution in [0, 0.1) is 0 Å². The average Bonchev–Trinajstić information content (AvgIpc) is 2.36. The number of hydrogen-bond acceptors (Lipinski definition) is 2. The molecular weight excluding hydrogens is 279 g/mol. The molecule has 0 aromatic heterocycles. The number of halogens is 2. The lowest BCUT2D eigenvalue weighted by molar-refractivity contribution is 0.268. The maximum Gasteiger partial charge on any atom is 0.0465 e. The van der Waals surface area contributed by atoms with Crippen molar-refractivity contribution in [3.8, 4) is 0 Å². The highest BCUT2D eigenvalue weighted by atomic mass is 35.5. The van der Waals surface area contributed by atoms with Crippen molar-refractivity contribution >= 4 is 23.2 Å². The lowest BCUT2D eigenvalue weighted by Gasteiger charge is -2.20. The van der Waals surface area contributed by atoms with E-state index >= 15 is 0 Å². The number of hydrogen-bond donors (Lipinski definition) is 1. The van der Waals surface area contributed by atoms with Crippen LogP contribution >= 0.6 is 23.2 Å². The molecule has 1 N–H and O–H groups in total. The Morgan fingerprint density at radius 1 is 1.16 bits per heavy atom. The summed E-state index contributed by atoms with van der Waals surface area (Å²) in [4.78, 5) is 2.37. The molecule has 0 unspecified atom stereocenters. The summed E-state index contributed by atoms with van der Waals surface area (Å²) in [5.41, 5.74) is 0.991. The molecule has 0 heterocycles. The van der Waals surface area contributed by atoms with E-state index < -0.39 is 0 Å². The van der Waals surface area contributed by atoms with Crippen LogP contribution in [0.5, 0.6) is 0 Å². The summed E-state index contributed by atoms with van der Waals surface area (Å²) in [6.07, 6.45) is 2.37. The summed E-state index contributed by atoms with van der Waals surface area (Å²) < 4.78 is 0. The van der Waals surface area contributed by atoms with Gasteiger partial charge < -0.3 is 10.2 Å². The molecule has 2 nitrogen and oxygen atoms in total. The summed E-state index contributed by atoms with van der Waals surface area (Å²) in [5.74, 6) is 0. The fourth-order valence-corrected chi connectivity index (χ4v) is 2.32. The molecule has 0 saturated heterocycles. The monoisotopic (exact) mass is 302 g/mol. The van der Waals surface area contributed by atoms with E-state index in [1.165, 1.54) is 12.8 Å². The van der Waals surface area contributed by atoms with Crippen molar-refractivity contribution in [3.05, 3.63) is 33.8 Å². The van der Waals surface area contributed by atoms with Crippen molar-refractivity contribution in [3.63, 3.8) is 0 Å². The predicted molar refractivity (Wildman–Crippen MR) is 85.2 cm³/mol. The Balaban J connectivity index is 2.18. The van der Waals surface area contributed by atoms with Gasteiger partial charge in [-0.3, -0.25) is 0 Å². The topological polar surface area (TPSA) is 15.3 Å². The Kier molecular flexibility index (Phi) is 7.77. The number of benzene rings is 1. The summed E-state index contributed by atoms with van der Waals surface area (Å²) in [6.45, 7) is 7.31. The maximum atomic E-state index is 6.11. The molecule has 0 aliphatic heterocycles. The van der Waals surface area contributed by atoms with Crippen molar-refractivity contribution < 1.29 is 0 Å². The molecule has 0 saturated carbocycles. The van der Waals surface area contributed by atoms with Crippen LogP contribution in [-0.2, 0) is 6.54 Å². The van der Waals surface area contributed by atoms with Crippen molar-refractivity contribution in [2.24, 2.45) is 0 Å². The van der Waals surface area contributed by atoms with Gasteiger partial charge in [0.05, 0.1) is 0 Å². The molecule has 0 aliphatic rings. The molecule has 0 radical (unpaired) electrons. The van der Waals surface area contributed by atoms with Gasteiger partial charge in [0.15, 0.2) is 0 Å². The highest BCUT2D eigenvalue weighted by Gasteiger charge is 2.05. The van der Waals surface area contributed by atoms with Gasteiger partial charge in [-0.2, -0.15) is 0 Å². The van der Waals surface area contributed by atoms with Crippen LogP contribution in [-0.4, -0.2) is 31.1 Å². The second-order valence-electron chi connectivity index (χ2n) is 5.16. The van der Waals surface area contributed by atoms with Gasteiger partial charge >= 0.3 is 0 Å². The first-order chi connectivity index (χ1) is 9.02. The minimum Gasteiger partial charge on any atom is -0.313 e. The van der Waals surface area contributed by atoms with E-state index in [9.17, 15) is 0 Å². The normalized spacial score (nSPS) is 11.5. The molecule has 19 heavy (non-hydrogen) atoms. The molecule has 0 aliphatic carbocycles. The first-order valence-electron chi connectivity index (χ1n) is 6.86. The molecule has 1 aromatic rings. The van der Waals surface area contributed by atoms with Gasteiger partial charge in [-0.05, 0) is 59.0 Å². The summed E-state index contributed by atoms with van der Waals surface area (Å²) >= 11 is 12.2. The zero-order valence-electron chi connectivity index (χ0n) is 12.0. The van der Waals surface area contributed by atoms with Crippen LogP contribution < -0.4 is 5.32 Å². The minimum atomic E-state index is 0.620. The average molecular weight is 303 g/mol. The summed E-state index contributed by atoms with van der Waals surface area (Å²) in [7, 11) is 2.17. The Morgan fingerprint density at radius 2 is 1.79 bits per heavy atom. The van der Waals surface area contributed by atoms with Gasteiger partial charge in [-0.1, -0.05) is 29.3 Å². The second-order valence-corrected chi connectivity index (χ2v) is 5.97. The van der Waals surface area contributed by atoms with Crippen LogP contribution in [0.15, 0.2) is 18.2 Å².